The zero-order valence-electron chi connectivity index (χ0n) is 27.7. The Hall–Kier alpha value is -5.22. The number of rotatable bonds is 14. The van der Waals surface area contributed by atoms with Crippen LogP contribution in [0.15, 0.2) is 60.7 Å². The molecular weight excluding hydrogens is 658 g/mol. The molecule has 0 aliphatic rings. The summed E-state index contributed by atoms with van der Waals surface area (Å²) in [6, 6.07) is 13.0. The fourth-order valence-corrected chi connectivity index (χ4v) is 4.89. The fourth-order valence-electron chi connectivity index (χ4n) is 4.89. The van der Waals surface area contributed by atoms with E-state index < -0.39 is 40.7 Å². The van der Waals surface area contributed by atoms with E-state index in [1.54, 1.807) is 19.1 Å². The minimum absolute atomic E-state index is 0.00479. The minimum atomic E-state index is -1.41. The van der Waals surface area contributed by atoms with Crippen LogP contribution in [0.25, 0.3) is 0 Å². The van der Waals surface area contributed by atoms with Gasteiger partial charge in [0.2, 0.25) is 11.6 Å². The van der Waals surface area contributed by atoms with E-state index in [4.69, 9.17) is 14.2 Å². The zero-order valence-corrected chi connectivity index (χ0v) is 27.7. The number of hydrogen-bond acceptors (Lipinski definition) is 4. The maximum atomic E-state index is 14.6. The smallest absolute Gasteiger partial charge is 0.201 e. The molecule has 0 heterocycles. The van der Waals surface area contributed by atoms with Crippen LogP contribution in [0.4, 0.5) is 26.3 Å². The van der Waals surface area contributed by atoms with Crippen molar-refractivity contribution in [1.82, 2.24) is 0 Å². The number of benzene rings is 4. The predicted molar refractivity (Wildman–Crippen MR) is 178 cm³/mol. The third kappa shape index (κ3) is 10.6. The van der Waals surface area contributed by atoms with Crippen molar-refractivity contribution in [2.24, 2.45) is 5.92 Å². The molecule has 10 heteroatoms. The Kier molecular flexibility index (Phi) is 13.9. The monoisotopic (exact) mass is 694 g/mol. The van der Waals surface area contributed by atoms with Crippen molar-refractivity contribution >= 4 is 0 Å². The molecule has 1 N–H and O–H groups in total. The number of phenolic OH excluding ortho intramolecular Hbond substituents is 1. The molecule has 0 fully saturated rings. The predicted octanol–water partition coefficient (Wildman–Crippen LogP) is 9.86. The lowest BCUT2D eigenvalue weighted by Gasteiger charge is -2.12. The van der Waals surface area contributed by atoms with Gasteiger partial charge >= 0.3 is 0 Å². The number of ether oxygens (including phenoxy) is 3. The Morgan fingerprint density at radius 2 is 1.02 bits per heavy atom. The molecule has 0 aromatic heterocycles. The molecule has 1 atom stereocenters. The molecule has 50 heavy (non-hydrogen) atoms. The molecule has 4 aromatic carbocycles. The fraction of sp³-hybridized carbons (Fsp3) is 0.300. The molecule has 0 radical (unpaired) electrons. The van der Waals surface area contributed by atoms with E-state index in [2.05, 4.69) is 30.6 Å². The molecule has 4 nitrogen and oxygen atoms in total. The summed E-state index contributed by atoms with van der Waals surface area (Å²) in [5.74, 6) is 3.68. The van der Waals surface area contributed by atoms with Gasteiger partial charge in [0.05, 0.1) is 42.1 Å². The first-order valence-corrected chi connectivity index (χ1v) is 16.2. The second-order valence-corrected chi connectivity index (χ2v) is 11.5. The molecule has 0 aliphatic heterocycles. The normalized spacial score (nSPS) is 11.2. The highest BCUT2D eigenvalue weighted by Crippen LogP contribution is 2.24. The van der Waals surface area contributed by atoms with E-state index >= 15 is 0 Å². The standard InChI is InChI=1S/C40H36F6O4/c1-3-48-36-21-17-30(38(44)40(36)46)13-11-28-15-19-32(25-34(28)42)50-23-7-5-9-26(2)8-4-6-22-49-31-18-14-27(33(41)24-31)10-12-29-16-20-35(47)39(45)37(29)43/h14-21,24-26,47H,3-9,22-23H2,1-2H3. The van der Waals surface area contributed by atoms with Crippen LogP contribution in [-0.4, -0.2) is 24.9 Å². The summed E-state index contributed by atoms with van der Waals surface area (Å²) in [5.41, 5.74) is -0.478. The number of unbranched alkanes of at least 4 members (excludes halogenated alkanes) is 2. The molecule has 262 valence electrons. The highest BCUT2D eigenvalue weighted by atomic mass is 19.2. The number of hydrogen-bond donors (Lipinski definition) is 1. The molecule has 4 aromatic rings. The van der Waals surface area contributed by atoms with Gasteiger partial charge in [0.25, 0.3) is 0 Å². The van der Waals surface area contributed by atoms with E-state index in [9.17, 15) is 31.4 Å². The summed E-state index contributed by atoms with van der Waals surface area (Å²) in [6.45, 7) is 4.82. The molecule has 0 aliphatic carbocycles. The SMILES string of the molecule is CCOc1ccc(C#Cc2ccc(OCCCCC(C)CCCCOc3ccc(C#Cc4ccc(O)c(F)c4F)c(F)c3)cc2F)c(F)c1F. The van der Waals surface area contributed by atoms with Crippen molar-refractivity contribution in [2.45, 2.75) is 52.4 Å². The van der Waals surface area contributed by atoms with Gasteiger partial charge < -0.3 is 19.3 Å². The van der Waals surface area contributed by atoms with E-state index in [0.717, 1.165) is 50.7 Å². The van der Waals surface area contributed by atoms with Gasteiger partial charge in [-0.25, -0.2) is 17.6 Å². The van der Waals surface area contributed by atoms with Gasteiger partial charge in [0.15, 0.2) is 23.1 Å². The summed E-state index contributed by atoms with van der Waals surface area (Å²) in [4.78, 5) is 0. The van der Waals surface area contributed by atoms with E-state index in [-0.39, 0.29) is 34.6 Å². The van der Waals surface area contributed by atoms with Crippen molar-refractivity contribution in [2.75, 3.05) is 19.8 Å². The maximum absolute atomic E-state index is 14.6. The van der Waals surface area contributed by atoms with Crippen molar-refractivity contribution in [3.8, 4) is 46.7 Å². The maximum Gasteiger partial charge on any atom is 0.201 e. The molecule has 0 spiro atoms. The van der Waals surface area contributed by atoms with Gasteiger partial charge in [-0.05, 0) is 87.1 Å². The van der Waals surface area contributed by atoms with Gasteiger partial charge in [0, 0.05) is 12.1 Å². The Morgan fingerprint density at radius 3 is 1.52 bits per heavy atom. The Labute approximate surface area is 288 Å². The summed E-state index contributed by atoms with van der Waals surface area (Å²) in [5, 5.41) is 9.20. The Morgan fingerprint density at radius 1 is 0.560 bits per heavy atom. The average Bonchev–Trinajstić information content (AvgIpc) is 3.09. The lowest BCUT2D eigenvalue weighted by molar-refractivity contribution is 0.289. The Balaban J connectivity index is 1.11. The van der Waals surface area contributed by atoms with Crippen LogP contribution in [0.1, 0.15) is 74.6 Å². The van der Waals surface area contributed by atoms with Crippen LogP contribution >= 0.6 is 0 Å². The first kappa shape index (κ1) is 37.6. The topological polar surface area (TPSA) is 47.9 Å². The Bertz CT molecular complexity index is 1900. The minimum Gasteiger partial charge on any atom is -0.505 e. The van der Waals surface area contributed by atoms with E-state index in [1.807, 2.05) is 0 Å². The molecular formula is C40H36F6O4. The van der Waals surface area contributed by atoms with Gasteiger partial charge in [-0.15, -0.1) is 0 Å². The van der Waals surface area contributed by atoms with Crippen molar-refractivity contribution in [1.29, 1.82) is 0 Å². The van der Waals surface area contributed by atoms with Crippen molar-refractivity contribution < 1.29 is 45.7 Å². The number of aromatic hydroxyl groups is 1. The first-order valence-electron chi connectivity index (χ1n) is 16.2. The van der Waals surface area contributed by atoms with Crippen LogP contribution in [0.2, 0.25) is 0 Å². The summed E-state index contributed by atoms with van der Waals surface area (Å²) < 4.78 is 101. The second-order valence-electron chi connectivity index (χ2n) is 11.5. The van der Waals surface area contributed by atoms with Gasteiger partial charge in [-0.1, -0.05) is 43.4 Å². The number of halogens is 6. The summed E-state index contributed by atoms with van der Waals surface area (Å²) in [7, 11) is 0. The molecule has 0 saturated carbocycles. The van der Waals surface area contributed by atoms with Crippen LogP contribution in [0.5, 0.6) is 23.0 Å². The highest BCUT2D eigenvalue weighted by molar-refractivity contribution is 5.48. The van der Waals surface area contributed by atoms with Gasteiger partial charge in [0.1, 0.15) is 23.1 Å². The molecule has 0 bridgehead atoms. The average molecular weight is 695 g/mol. The van der Waals surface area contributed by atoms with Crippen LogP contribution < -0.4 is 14.2 Å². The zero-order chi connectivity index (χ0) is 36.0. The lowest BCUT2D eigenvalue weighted by atomic mass is 9.98. The third-order valence-corrected chi connectivity index (χ3v) is 7.67. The molecule has 1 unspecified atom stereocenters. The molecule has 4 rings (SSSR count). The molecule has 0 saturated heterocycles. The van der Waals surface area contributed by atoms with Gasteiger partial charge in [-0.2, -0.15) is 8.78 Å². The van der Waals surface area contributed by atoms with Crippen LogP contribution in [0, 0.1) is 64.5 Å². The van der Waals surface area contributed by atoms with Crippen molar-refractivity contribution in [3.05, 3.63) is 118 Å². The van der Waals surface area contributed by atoms with Crippen LogP contribution in [0.3, 0.4) is 0 Å². The van der Waals surface area contributed by atoms with Crippen LogP contribution in [-0.2, 0) is 0 Å². The second kappa shape index (κ2) is 18.5. The highest BCUT2D eigenvalue weighted by Gasteiger charge is 2.14. The summed E-state index contributed by atoms with van der Waals surface area (Å²) >= 11 is 0. The lowest BCUT2D eigenvalue weighted by Crippen LogP contribution is -2.02. The van der Waals surface area contributed by atoms with Crippen molar-refractivity contribution in [3.63, 3.8) is 0 Å². The quantitative estimate of drug-likeness (QED) is 0.0812. The van der Waals surface area contributed by atoms with Gasteiger partial charge in [-0.3, -0.25) is 0 Å². The first-order chi connectivity index (χ1) is 24.1. The van der Waals surface area contributed by atoms with E-state index in [0.29, 0.717) is 30.6 Å². The molecule has 0 amide bonds. The van der Waals surface area contributed by atoms with E-state index in [1.165, 1.54) is 36.4 Å². The largest absolute Gasteiger partial charge is 0.505 e. The summed E-state index contributed by atoms with van der Waals surface area (Å²) in [6.07, 6.45) is 5.39. The third-order valence-electron chi connectivity index (χ3n) is 7.67. The number of phenols is 1.